The lowest BCUT2D eigenvalue weighted by molar-refractivity contribution is 0.184. The van der Waals surface area contributed by atoms with Gasteiger partial charge in [0.2, 0.25) is 0 Å². The van der Waals surface area contributed by atoms with Crippen LogP contribution >= 0.6 is 15.9 Å². The van der Waals surface area contributed by atoms with Crippen molar-refractivity contribution in [3.8, 4) is 0 Å². The molecule has 0 unspecified atom stereocenters. The Balaban J connectivity index is 2.86. The van der Waals surface area contributed by atoms with E-state index in [4.69, 9.17) is 0 Å². The summed E-state index contributed by atoms with van der Waals surface area (Å²) < 4.78 is 3.13. The van der Waals surface area contributed by atoms with Crippen LogP contribution in [0.5, 0.6) is 0 Å². The Hall–Kier alpha value is -0.350. The normalized spacial score (nSPS) is 12.1. The first-order valence-corrected chi connectivity index (χ1v) is 7.04. The highest BCUT2D eigenvalue weighted by Gasteiger charge is 2.17. The largest absolute Gasteiger partial charge is 0.295 e. The van der Waals surface area contributed by atoms with Gasteiger partial charge in [-0.05, 0) is 42.6 Å². The molecule has 0 N–H and O–H groups in total. The summed E-state index contributed by atoms with van der Waals surface area (Å²) in [6, 6.07) is 0.555. The molecule has 0 spiro atoms. The summed E-state index contributed by atoms with van der Waals surface area (Å²) in [5.74, 6) is 0.686. The minimum atomic E-state index is 0.555. The van der Waals surface area contributed by atoms with E-state index in [1.54, 1.807) is 0 Å². The van der Waals surface area contributed by atoms with Crippen LogP contribution in [-0.2, 0) is 13.6 Å². The Morgan fingerprint density at radius 3 is 2.24 bits per heavy atom. The van der Waals surface area contributed by atoms with Crippen molar-refractivity contribution < 1.29 is 0 Å². The molecule has 4 heteroatoms. The molecule has 0 aromatic carbocycles. The van der Waals surface area contributed by atoms with E-state index in [1.165, 1.54) is 5.69 Å². The van der Waals surface area contributed by atoms with Crippen LogP contribution in [0.3, 0.4) is 0 Å². The average molecular weight is 302 g/mol. The molecule has 0 saturated carbocycles. The summed E-state index contributed by atoms with van der Waals surface area (Å²) in [5.41, 5.74) is 2.33. The molecule has 1 rings (SSSR count). The second-order valence-corrected chi connectivity index (χ2v) is 6.18. The predicted molar refractivity (Wildman–Crippen MR) is 76.0 cm³/mol. The summed E-state index contributed by atoms with van der Waals surface area (Å²) in [6.07, 6.45) is 0. The minimum Gasteiger partial charge on any atom is -0.295 e. The molecule has 0 fully saturated rings. The number of hydrogen-bond donors (Lipinski definition) is 0. The van der Waals surface area contributed by atoms with Gasteiger partial charge in [-0.1, -0.05) is 13.8 Å². The lowest BCUT2D eigenvalue weighted by atomic mass is 10.1. The van der Waals surface area contributed by atoms with Gasteiger partial charge in [0, 0.05) is 26.2 Å². The number of nitrogens with zero attached hydrogens (tertiary/aromatic N) is 3. The minimum absolute atomic E-state index is 0.555. The van der Waals surface area contributed by atoms with Crippen molar-refractivity contribution >= 4 is 15.9 Å². The zero-order valence-electron chi connectivity index (χ0n) is 11.8. The smallest absolute Gasteiger partial charge is 0.0739 e. The van der Waals surface area contributed by atoms with E-state index in [0.29, 0.717) is 12.0 Å². The predicted octanol–water partition coefficient (Wildman–Crippen LogP) is 3.36. The van der Waals surface area contributed by atoms with Crippen molar-refractivity contribution in [2.45, 2.75) is 47.2 Å². The highest BCUT2D eigenvalue weighted by molar-refractivity contribution is 9.10. The molecule has 0 aliphatic carbocycles. The van der Waals surface area contributed by atoms with Crippen LogP contribution in [0.4, 0.5) is 0 Å². The molecule has 17 heavy (non-hydrogen) atoms. The van der Waals surface area contributed by atoms with E-state index < -0.39 is 0 Å². The van der Waals surface area contributed by atoms with Crippen molar-refractivity contribution in [1.82, 2.24) is 14.7 Å². The first kappa shape index (κ1) is 14.7. The fourth-order valence-electron chi connectivity index (χ4n) is 1.97. The monoisotopic (exact) mass is 301 g/mol. The van der Waals surface area contributed by atoms with Gasteiger partial charge in [0.15, 0.2) is 0 Å². The molecule has 0 aliphatic rings. The Morgan fingerprint density at radius 1 is 1.29 bits per heavy atom. The van der Waals surface area contributed by atoms with Crippen molar-refractivity contribution in [1.29, 1.82) is 0 Å². The highest BCUT2D eigenvalue weighted by atomic mass is 79.9. The van der Waals surface area contributed by atoms with Gasteiger partial charge in [-0.2, -0.15) is 5.10 Å². The topological polar surface area (TPSA) is 21.1 Å². The number of hydrogen-bond acceptors (Lipinski definition) is 2. The maximum Gasteiger partial charge on any atom is 0.0739 e. The molecule has 1 aromatic heterocycles. The third-order valence-corrected chi connectivity index (χ3v) is 3.98. The highest BCUT2D eigenvalue weighted by Crippen LogP contribution is 2.22. The first-order valence-electron chi connectivity index (χ1n) is 6.25. The molecule has 98 valence electrons. The van der Waals surface area contributed by atoms with Gasteiger partial charge in [0.05, 0.1) is 15.9 Å². The Kier molecular flexibility index (Phi) is 5.20. The van der Waals surface area contributed by atoms with E-state index in [9.17, 15) is 0 Å². The van der Waals surface area contributed by atoms with Crippen molar-refractivity contribution in [3.05, 3.63) is 15.9 Å². The number of aromatic nitrogens is 2. The van der Waals surface area contributed by atoms with Crippen LogP contribution in [0.25, 0.3) is 0 Å². The molecule has 0 amide bonds. The van der Waals surface area contributed by atoms with Gasteiger partial charge in [-0.25, -0.2) is 0 Å². The summed E-state index contributed by atoms with van der Waals surface area (Å²) in [7, 11) is 2.01. The number of halogens is 1. The van der Waals surface area contributed by atoms with E-state index in [0.717, 1.165) is 23.3 Å². The first-order chi connectivity index (χ1) is 7.82. The van der Waals surface area contributed by atoms with Gasteiger partial charge in [0.25, 0.3) is 0 Å². The second-order valence-electron chi connectivity index (χ2n) is 5.39. The lowest BCUT2D eigenvalue weighted by Crippen LogP contribution is -2.34. The zero-order chi connectivity index (χ0) is 13.2. The molecule has 1 heterocycles. The molecule has 0 saturated heterocycles. The molecular formula is C13H24BrN3. The van der Waals surface area contributed by atoms with Gasteiger partial charge < -0.3 is 0 Å². The molecular weight excluding hydrogens is 278 g/mol. The van der Waals surface area contributed by atoms with E-state index in [-0.39, 0.29) is 0 Å². The number of rotatable bonds is 5. The molecule has 0 aliphatic heterocycles. The summed E-state index contributed by atoms with van der Waals surface area (Å²) in [5, 5.41) is 4.45. The van der Waals surface area contributed by atoms with E-state index in [1.807, 2.05) is 18.7 Å². The van der Waals surface area contributed by atoms with Crippen LogP contribution in [0.2, 0.25) is 0 Å². The molecule has 0 atom stereocenters. The Bertz CT molecular complexity index is 369. The Labute approximate surface area is 113 Å². The molecule has 0 bridgehead atoms. The third kappa shape index (κ3) is 3.81. The Morgan fingerprint density at radius 2 is 1.88 bits per heavy atom. The molecule has 3 nitrogen and oxygen atoms in total. The van der Waals surface area contributed by atoms with Crippen LogP contribution in [0.1, 0.15) is 39.1 Å². The number of aryl methyl sites for hydroxylation is 2. The zero-order valence-corrected chi connectivity index (χ0v) is 13.4. The van der Waals surface area contributed by atoms with Crippen molar-refractivity contribution in [2.24, 2.45) is 13.0 Å². The van der Waals surface area contributed by atoms with Gasteiger partial charge in [0.1, 0.15) is 0 Å². The standard InChI is InChI=1S/C13H24BrN3/c1-9(2)7-17(10(3)4)8-12-13(14)11(5)15-16(12)6/h9-10H,7-8H2,1-6H3. The van der Waals surface area contributed by atoms with Crippen LogP contribution in [0.15, 0.2) is 4.47 Å². The van der Waals surface area contributed by atoms with Gasteiger partial charge in [-0.3, -0.25) is 9.58 Å². The SMILES string of the molecule is Cc1nn(C)c(CN(CC(C)C)C(C)C)c1Br. The van der Waals surface area contributed by atoms with Crippen molar-refractivity contribution in [2.75, 3.05) is 6.54 Å². The van der Waals surface area contributed by atoms with E-state index >= 15 is 0 Å². The van der Waals surface area contributed by atoms with Crippen molar-refractivity contribution in [3.63, 3.8) is 0 Å². The summed E-state index contributed by atoms with van der Waals surface area (Å²) >= 11 is 3.63. The summed E-state index contributed by atoms with van der Waals surface area (Å²) in [4.78, 5) is 2.49. The maximum atomic E-state index is 4.45. The van der Waals surface area contributed by atoms with Gasteiger partial charge in [-0.15, -0.1) is 0 Å². The fourth-order valence-corrected chi connectivity index (χ4v) is 2.43. The fraction of sp³-hybridized carbons (Fsp3) is 0.769. The second kappa shape index (κ2) is 6.01. The average Bonchev–Trinajstić information content (AvgIpc) is 2.43. The van der Waals surface area contributed by atoms with Crippen LogP contribution in [0, 0.1) is 12.8 Å². The van der Waals surface area contributed by atoms with Gasteiger partial charge >= 0.3 is 0 Å². The molecule has 0 radical (unpaired) electrons. The quantitative estimate of drug-likeness (QED) is 0.831. The van der Waals surface area contributed by atoms with Crippen LogP contribution in [-0.4, -0.2) is 27.3 Å². The lowest BCUT2D eigenvalue weighted by Gasteiger charge is -2.28. The van der Waals surface area contributed by atoms with E-state index in [2.05, 4.69) is 53.6 Å². The maximum absolute atomic E-state index is 4.45. The van der Waals surface area contributed by atoms with Crippen LogP contribution < -0.4 is 0 Å². The summed E-state index contributed by atoms with van der Waals surface area (Å²) in [6.45, 7) is 13.1. The third-order valence-electron chi connectivity index (χ3n) is 2.94. The molecule has 1 aromatic rings.